The third-order valence-electron chi connectivity index (χ3n) is 6.34. The smallest absolute Gasteiger partial charge is 0.224 e. The summed E-state index contributed by atoms with van der Waals surface area (Å²) in [5, 5.41) is 3.35. The summed E-state index contributed by atoms with van der Waals surface area (Å²) in [7, 11) is 0. The third kappa shape index (κ3) is 5.45. The van der Waals surface area contributed by atoms with Crippen molar-refractivity contribution in [3.05, 3.63) is 59.1 Å². The van der Waals surface area contributed by atoms with Crippen molar-refractivity contribution in [2.75, 3.05) is 32.8 Å². The summed E-state index contributed by atoms with van der Waals surface area (Å²) in [5.41, 5.74) is 2.26. The molecule has 0 radical (unpaired) electrons. The SMILES string of the molecule is Cc1cccc(CC(=O)N[C@@H](CC2C=C3OCCOC3=CC2C)CN2CCCC2)c1. The maximum atomic E-state index is 12.9. The number of allylic oxidation sites excluding steroid dienone is 2. The minimum absolute atomic E-state index is 0.106. The van der Waals surface area contributed by atoms with Gasteiger partial charge in [-0.05, 0) is 68.8 Å². The molecule has 2 saturated heterocycles. The number of benzene rings is 1. The van der Waals surface area contributed by atoms with Crippen LogP contribution in [0.4, 0.5) is 0 Å². The summed E-state index contributed by atoms with van der Waals surface area (Å²) in [4.78, 5) is 15.3. The maximum Gasteiger partial charge on any atom is 0.224 e. The first-order valence-electron chi connectivity index (χ1n) is 11.3. The number of rotatable bonds is 7. The van der Waals surface area contributed by atoms with E-state index in [0.717, 1.165) is 43.1 Å². The van der Waals surface area contributed by atoms with E-state index in [9.17, 15) is 4.79 Å². The van der Waals surface area contributed by atoms with E-state index in [0.29, 0.717) is 31.5 Å². The quantitative estimate of drug-likeness (QED) is 0.746. The number of ether oxygens (including phenoxy) is 2. The molecule has 0 spiro atoms. The fraction of sp³-hybridized carbons (Fsp3) is 0.560. The number of aryl methyl sites for hydroxylation is 1. The third-order valence-corrected chi connectivity index (χ3v) is 6.34. The van der Waals surface area contributed by atoms with Crippen LogP contribution in [-0.2, 0) is 20.7 Å². The number of nitrogens with one attached hydrogen (secondary N) is 1. The first kappa shape index (κ1) is 21.0. The van der Waals surface area contributed by atoms with Crippen LogP contribution in [0.5, 0.6) is 0 Å². The van der Waals surface area contributed by atoms with Crippen LogP contribution in [-0.4, -0.2) is 49.7 Å². The minimum Gasteiger partial charge on any atom is -0.486 e. The predicted octanol–water partition coefficient (Wildman–Crippen LogP) is 3.59. The van der Waals surface area contributed by atoms with Crippen LogP contribution in [0.3, 0.4) is 0 Å². The predicted molar refractivity (Wildman–Crippen MR) is 118 cm³/mol. The Morgan fingerprint density at radius 3 is 2.63 bits per heavy atom. The van der Waals surface area contributed by atoms with E-state index in [1.54, 1.807) is 0 Å². The molecular weight excluding hydrogens is 376 g/mol. The van der Waals surface area contributed by atoms with Gasteiger partial charge in [0, 0.05) is 12.6 Å². The van der Waals surface area contributed by atoms with Crippen molar-refractivity contribution in [3.63, 3.8) is 0 Å². The second-order valence-corrected chi connectivity index (χ2v) is 8.96. The summed E-state index contributed by atoms with van der Waals surface area (Å²) >= 11 is 0. The van der Waals surface area contributed by atoms with Crippen LogP contribution >= 0.6 is 0 Å². The number of nitrogens with zero attached hydrogens (tertiary/aromatic N) is 1. The summed E-state index contributed by atoms with van der Waals surface area (Å²) in [6.07, 6.45) is 8.24. The standard InChI is InChI=1S/C25H34N2O3/c1-18-6-5-7-20(12-18)14-25(28)26-22(17-27-8-3-4-9-27)15-21-16-24-23(13-19(21)2)29-10-11-30-24/h5-7,12-13,16,19,21-22H,3-4,8-11,14-15,17H2,1-2H3,(H,26,28)/t19?,21?,22-/m0/s1. The van der Waals surface area contributed by atoms with Gasteiger partial charge in [0.05, 0.1) is 6.42 Å². The zero-order valence-corrected chi connectivity index (χ0v) is 18.2. The van der Waals surface area contributed by atoms with Crippen molar-refractivity contribution in [1.82, 2.24) is 10.2 Å². The molecule has 1 aliphatic carbocycles. The van der Waals surface area contributed by atoms with Crippen LogP contribution in [0.2, 0.25) is 0 Å². The number of fused-ring (bicyclic) bond motifs is 1. The number of hydrogen-bond acceptors (Lipinski definition) is 4. The van der Waals surface area contributed by atoms with Gasteiger partial charge in [-0.25, -0.2) is 0 Å². The number of amides is 1. The van der Waals surface area contributed by atoms with E-state index in [2.05, 4.69) is 48.3 Å². The van der Waals surface area contributed by atoms with Crippen LogP contribution in [0.15, 0.2) is 47.9 Å². The highest BCUT2D eigenvalue weighted by Crippen LogP contribution is 2.33. The number of hydrogen-bond donors (Lipinski definition) is 1. The van der Waals surface area contributed by atoms with Crippen LogP contribution < -0.4 is 5.32 Å². The number of carbonyl (C=O) groups is 1. The Bertz CT molecular complexity index is 810. The number of carbonyl (C=O) groups excluding carboxylic acids is 1. The second kappa shape index (κ2) is 9.69. The molecule has 2 fully saturated rings. The van der Waals surface area contributed by atoms with Crippen LogP contribution in [0, 0.1) is 18.8 Å². The van der Waals surface area contributed by atoms with Crippen molar-refractivity contribution < 1.29 is 14.3 Å². The highest BCUT2D eigenvalue weighted by atomic mass is 16.6. The largest absolute Gasteiger partial charge is 0.486 e. The van der Waals surface area contributed by atoms with Crippen LogP contribution in [0.1, 0.15) is 37.3 Å². The van der Waals surface area contributed by atoms with Crippen molar-refractivity contribution in [3.8, 4) is 0 Å². The highest BCUT2D eigenvalue weighted by molar-refractivity contribution is 5.78. The summed E-state index contributed by atoms with van der Waals surface area (Å²) < 4.78 is 11.6. The zero-order valence-electron chi connectivity index (χ0n) is 18.2. The molecule has 5 heteroatoms. The molecule has 1 N–H and O–H groups in total. The summed E-state index contributed by atoms with van der Waals surface area (Å²) in [5.74, 6) is 2.55. The van der Waals surface area contributed by atoms with Gasteiger partial charge in [0.2, 0.25) is 5.91 Å². The lowest BCUT2D eigenvalue weighted by atomic mass is 9.83. The number of likely N-dealkylation sites (tertiary alicyclic amines) is 1. The Morgan fingerprint density at radius 1 is 1.17 bits per heavy atom. The van der Waals surface area contributed by atoms with Gasteiger partial charge in [0.1, 0.15) is 13.2 Å². The van der Waals surface area contributed by atoms with Crippen molar-refractivity contribution >= 4 is 5.91 Å². The Morgan fingerprint density at radius 2 is 1.90 bits per heavy atom. The highest BCUT2D eigenvalue weighted by Gasteiger charge is 2.29. The molecule has 1 aromatic carbocycles. The molecule has 4 rings (SSSR count). The molecule has 162 valence electrons. The fourth-order valence-electron chi connectivity index (χ4n) is 4.77. The Balaban J connectivity index is 1.42. The van der Waals surface area contributed by atoms with Gasteiger partial charge in [0.15, 0.2) is 11.5 Å². The van der Waals surface area contributed by atoms with Crippen molar-refractivity contribution in [2.45, 2.75) is 45.6 Å². The molecule has 3 aliphatic rings. The zero-order chi connectivity index (χ0) is 20.9. The normalized spacial score (nSPS) is 24.7. The monoisotopic (exact) mass is 410 g/mol. The lowest BCUT2D eigenvalue weighted by molar-refractivity contribution is -0.121. The lowest BCUT2D eigenvalue weighted by Gasteiger charge is -2.33. The second-order valence-electron chi connectivity index (χ2n) is 8.96. The molecule has 0 bridgehead atoms. The minimum atomic E-state index is 0.106. The first-order chi connectivity index (χ1) is 14.6. The molecule has 1 amide bonds. The molecular formula is C25H34N2O3. The summed E-state index contributed by atoms with van der Waals surface area (Å²) in [6.45, 7) is 8.69. The topological polar surface area (TPSA) is 50.8 Å². The van der Waals surface area contributed by atoms with E-state index in [1.807, 2.05) is 12.1 Å². The van der Waals surface area contributed by atoms with Gasteiger partial charge >= 0.3 is 0 Å². The maximum absolute atomic E-state index is 12.9. The molecule has 2 heterocycles. The fourth-order valence-corrected chi connectivity index (χ4v) is 4.77. The van der Waals surface area contributed by atoms with E-state index < -0.39 is 0 Å². The molecule has 2 aliphatic heterocycles. The van der Waals surface area contributed by atoms with Crippen molar-refractivity contribution in [2.24, 2.45) is 11.8 Å². The first-order valence-corrected chi connectivity index (χ1v) is 11.3. The molecule has 5 nitrogen and oxygen atoms in total. The van der Waals surface area contributed by atoms with E-state index in [-0.39, 0.29) is 11.9 Å². The molecule has 1 aromatic rings. The average molecular weight is 411 g/mol. The van der Waals surface area contributed by atoms with Gasteiger partial charge in [-0.15, -0.1) is 0 Å². The van der Waals surface area contributed by atoms with Gasteiger partial charge in [-0.3, -0.25) is 4.79 Å². The average Bonchev–Trinajstić information content (AvgIpc) is 3.21. The van der Waals surface area contributed by atoms with E-state index in [1.165, 1.54) is 18.4 Å². The van der Waals surface area contributed by atoms with Crippen LogP contribution in [0.25, 0.3) is 0 Å². The van der Waals surface area contributed by atoms with Gasteiger partial charge < -0.3 is 19.7 Å². The van der Waals surface area contributed by atoms with Gasteiger partial charge in [-0.1, -0.05) is 36.8 Å². The molecule has 2 unspecified atom stereocenters. The van der Waals surface area contributed by atoms with Crippen molar-refractivity contribution in [1.29, 1.82) is 0 Å². The Labute approximate surface area is 180 Å². The molecule has 3 atom stereocenters. The molecule has 30 heavy (non-hydrogen) atoms. The summed E-state index contributed by atoms with van der Waals surface area (Å²) in [6, 6.07) is 8.34. The van der Waals surface area contributed by atoms with Gasteiger partial charge in [0.25, 0.3) is 0 Å². The van der Waals surface area contributed by atoms with E-state index >= 15 is 0 Å². The lowest BCUT2D eigenvalue weighted by Crippen LogP contribution is -2.45. The Hall–Kier alpha value is -2.27. The van der Waals surface area contributed by atoms with E-state index in [4.69, 9.17) is 9.47 Å². The Kier molecular flexibility index (Phi) is 6.78. The van der Waals surface area contributed by atoms with Gasteiger partial charge in [-0.2, -0.15) is 0 Å². The molecule has 0 saturated carbocycles. The molecule has 0 aromatic heterocycles.